The van der Waals surface area contributed by atoms with Crippen LogP contribution in [0.1, 0.15) is 33.4 Å². The van der Waals surface area contributed by atoms with Gasteiger partial charge in [-0.3, -0.25) is 0 Å². The lowest BCUT2D eigenvalue weighted by Crippen LogP contribution is -2.09. The zero-order valence-electron chi connectivity index (χ0n) is 33.7. The molecular weight excluding hydrogens is 745 g/mol. The van der Waals surface area contributed by atoms with Gasteiger partial charge in [0, 0.05) is 34.1 Å². The summed E-state index contributed by atoms with van der Waals surface area (Å²) >= 11 is 0. The molecule has 7 rings (SSSR count). The lowest BCUT2D eigenvalue weighted by molar-refractivity contribution is 0.414. The van der Waals surface area contributed by atoms with Crippen molar-refractivity contribution in [2.24, 2.45) is 0 Å². The highest BCUT2D eigenvalue weighted by molar-refractivity contribution is 5.82. The SMILES string of the molecule is COc1ccc(N(c2ccc(C=Cc3cc(C#N)c(C=Cc4ccc(N(c5ccc(OC)cc5)c5ccc(OC)cc5)cc4)cc3C#N)cc2)c2ccc(OC)cc2)cc1. The Labute approximate surface area is 351 Å². The predicted octanol–water partition coefficient (Wildman–Crippen LogP) is 12.7. The van der Waals surface area contributed by atoms with E-state index in [9.17, 15) is 10.5 Å². The molecule has 0 aliphatic heterocycles. The van der Waals surface area contributed by atoms with Gasteiger partial charge in [0.2, 0.25) is 0 Å². The highest BCUT2D eigenvalue weighted by Crippen LogP contribution is 2.38. The van der Waals surface area contributed by atoms with Crippen LogP contribution in [0.4, 0.5) is 34.1 Å². The number of benzene rings is 7. The molecular formula is C52H42N4O4. The largest absolute Gasteiger partial charge is 0.497 e. The molecule has 0 atom stereocenters. The molecule has 0 saturated carbocycles. The van der Waals surface area contributed by atoms with Crippen LogP contribution in [0, 0.1) is 22.7 Å². The van der Waals surface area contributed by atoms with Crippen LogP contribution in [0.25, 0.3) is 24.3 Å². The Morgan fingerprint density at radius 1 is 0.350 bits per heavy atom. The molecule has 0 saturated heterocycles. The Hall–Kier alpha value is -8.20. The minimum Gasteiger partial charge on any atom is -0.497 e. The third-order valence-electron chi connectivity index (χ3n) is 10.00. The first-order valence-corrected chi connectivity index (χ1v) is 19.1. The van der Waals surface area contributed by atoms with Gasteiger partial charge in [0.25, 0.3) is 0 Å². The smallest absolute Gasteiger partial charge is 0.119 e. The van der Waals surface area contributed by atoms with Gasteiger partial charge in [-0.25, -0.2) is 0 Å². The lowest BCUT2D eigenvalue weighted by atomic mass is 9.97. The van der Waals surface area contributed by atoms with Crippen LogP contribution in [0.15, 0.2) is 158 Å². The summed E-state index contributed by atoms with van der Waals surface area (Å²) in [5.41, 5.74) is 9.95. The van der Waals surface area contributed by atoms with Crippen LogP contribution in [0.3, 0.4) is 0 Å². The molecule has 0 bridgehead atoms. The number of nitrogens with zero attached hydrogens (tertiary/aromatic N) is 4. The molecule has 8 nitrogen and oxygen atoms in total. The van der Waals surface area contributed by atoms with Crippen LogP contribution in [-0.2, 0) is 0 Å². The highest BCUT2D eigenvalue weighted by Gasteiger charge is 2.15. The van der Waals surface area contributed by atoms with Crippen LogP contribution in [-0.4, -0.2) is 28.4 Å². The first-order chi connectivity index (χ1) is 29.4. The second-order valence-corrected chi connectivity index (χ2v) is 13.6. The number of hydrogen-bond acceptors (Lipinski definition) is 8. The molecule has 0 aromatic heterocycles. The lowest BCUT2D eigenvalue weighted by Gasteiger charge is -2.26. The van der Waals surface area contributed by atoms with Crippen molar-refractivity contribution in [1.29, 1.82) is 10.5 Å². The summed E-state index contributed by atoms with van der Waals surface area (Å²) in [5.74, 6) is 3.11. The van der Waals surface area contributed by atoms with Gasteiger partial charge < -0.3 is 28.7 Å². The molecule has 0 unspecified atom stereocenters. The molecule has 0 heterocycles. The Morgan fingerprint density at radius 2 is 0.583 bits per heavy atom. The minimum atomic E-state index is 0.469. The van der Waals surface area contributed by atoms with E-state index in [1.54, 1.807) is 40.6 Å². The van der Waals surface area contributed by atoms with Gasteiger partial charge in [-0.15, -0.1) is 0 Å². The highest BCUT2D eigenvalue weighted by atomic mass is 16.5. The third kappa shape index (κ3) is 9.16. The Balaban J connectivity index is 1.11. The fourth-order valence-corrected chi connectivity index (χ4v) is 6.76. The summed E-state index contributed by atoms with van der Waals surface area (Å²) in [6.07, 6.45) is 7.65. The van der Waals surface area contributed by atoms with Crippen molar-refractivity contribution >= 4 is 58.4 Å². The third-order valence-corrected chi connectivity index (χ3v) is 10.00. The van der Waals surface area contributed by atoms with E-state index < -0.39 is 0 Å². The maximum absolute atomic E-state index is 10.2. The molecule has 0 aliphatic rings. The maximum atomic E-state index is 10.2. The van der Waals surface area contributed by atoms with Gasteiger partial charge in [0.1, 0.15) is 23.0 Å². The van der Waals surface area contributed by atoms with Crippen LogP contribution < -0.4 is 28.7 Å². The van der Waals surface area contributed by atoms with E-state index in [2.05, 4.69) is 46.2 Å². The van der Waals surface area contributed by atoms with Crippen LogP contribution in [0.5, 0.6) is 23.0 Å². The van der Waals surface area contributed by atoms with Crippen LogP contribution >= 0.6 is 0 Å². The van der Waals surface area contributed by atoms with Gasteiger partial charge in [-0.1, -0.05) is 48.6 Å². The van der Waals surface area contributed by atoms with Crippen molar-refractivity contribution in [1.82, 2.24) is 0 Å². The van der Waals surface area contributed by atoms with E-state index in [1.807, 2.05) is 146 Å². The van der Waals surface area contributed by atoms with Gasteiger partial charge in [0.15, 0.2) is 0 Å². The Bertz CT molecular complexity index is 2390. The molecule has 7 aromatic carbocycles. The Kier molecular flexibility index (Phi) is 12.6. The van der Waals surface area contributed by atoms with E-state index in [0.717, 1.165) is 68.2 Å². The van der Waals surface area contributed by atoms with Crippen molar-refractivity contribution in [2.75, 3.05) is 38.2 Å². The number of hydrogen-bond donors (Lipinski definition) is 0. The minimum absolute atomic E-state index is 0.469. The fourth-order valence-electron chi connectivity index (χ4n) is 6.76. The zero-order valence-corrected chi connectivity index (χ0v) is 33.7. The second-order valence-electron chi connectivity index (χ2n) is 13.6. The van der Waals surface area contributed by atoms with E-state index in [4.69, 9.17) is 18.9 Å². The van der Waals surface area contributed by atoms with Crippen LogP contribution in [0.2, 0.25) is 0 Å². The van der Waals surface area contributed by atoms with Gasteiger partial charge in [-0.2, -0.15) is 10.5 Å². The number of methoxy groups -OCH3 is 4. The van der Waals surface area contributed by atoms with Gasteiger partial charge in [-0.05, 0) is 156 Å². The molecule has 0 fully saturated rings. The zero-order chi connectivity index (χ0) is 41.8. The number of rotatable bonds is 14. The molecule has 0 N–H and O–H groups in total. The normalized spacial score (nSPS) is 10.8. The van der Waals surface area contributed by atoms with Crippen molar-refractivity contribution < 1.29 is 18.9 Å². The van der Waals surface area contributed by atoms with Crippen molar-refractivity contribution in [2.45, 2.75) is 0 Å². The molecule has 7 aromatic rings. The molecule has 8 heteroatoms. The van der Waals surface area contributed by atoms with Crippen molar-refractivity contribution in [3.8, 4) is 35.1 Å². The van der Waals surface area contributed by atoms with E-state index in [0.29, 0.717) is 22.3 Å². The molecule has 0 aliphatic carbocycles. The first kappa shape index (κ1) is 40.0. The molecule has 294 valence electrons. The Morgan fingerprint density at radius 3 is 0.800 bits per heavy atom. The maximum Gasteiger partial charge on any atom is 0.119 e. The summed E-state index contributed by atoms with van der Waals surface area (Å²) < 4.78 is 21.6. The molecule has 0 spiro atoms. The monoisotopic (exact) mass is 786 g/mol. The topological polar surface area (TPSA) is 91.0 Å². The summed E-state index contributed by atoms with van der Waals surface area (Å²) in [6, 6.07) is 56.1. The average molecular weight is 787 g/mol. The molecule has 60 heavy (non-hydrogen) atoms. The standard InChI is InChI=1S/C52H42N4O4/c1-57-49-25-17-45(18-26-49)55(46-19-27-50(58-2)28-20-46)43-13-7-37(8-14-43)5-11-39-33-42(36-54)40(34-41(39)35-53)12-6-38-9-15-44(16-10-38)56(47-21-29-51(59-3)30-22-47)48-23-31-52(60-4)32-24-48/h5-34H,1-4H3. The number of nitriles is 2. The number of ether oxygens (including phenoxy) is 4. The van der Waals surface area contributed by atoms with E-state index in [1.165, 1.54) is 0 Å². The van der Waals surface area contributed by atoms with Crippen molar-refractivity contribution in [3.05, 3.63) is 191 Å². The van der Waals surface area contributed by atoms with Gasteiger partial charge in [0.05, 0.1) is 51.7 Å². The summed E-state index contributed by atoms with van der Waals surface area (Å²) in [5, 5.41) is 20.3. The summed E-state index contributed by atoms with van der Waals surface area (Å²) in [7, 11) is 6.61. The van der Waals surface area contributed by atoms with E-state index in [-0.39, 0.29) is 0 Å². The number of anilines is 6. The molecule has 0 radical (unpaired) electrons. The quantitative estimate of drug-likeness (QED) is 0.101. The first-order valence-electron chi connectivity index (χ1n) is 19.1. The fraction of sp³-hybridized carbons (Fsp3) is 0.0769. The van der Waals surface area contributed by atoms with Gasteiger partial charge >= 0.3 is 0 Å². The van der Waals surface area contributed by atoms with Crippen molar-refractivity contribution in [3.63, 3.8) is 0 Å². The molecule has 0 amide bonds. The predicted molar refractivity (Wildman–Crippen MR) is 242 cm³/mol. The second kappa shape index (κ2) is 18.8. The summed E-state index contributed by atoms with van der Waals surface area (Å²) in [6.45, 7) is 0. The summed E-state index contributed by atoms with van der Waals surface area (Å²) in [4.78, 5) is 4.31. The van der Waals surface area contributed by atoms with E-state index >= 15 is 0 Å². The average Bonchev–Trinajstić information content (AvgIpc) is 3.32.